The number of rotatable bonds is 8. The van der Waals surface area contributed by atoms with Gasteiger partial charge in [-0.15, -0.1) is 0 Å². The van der Waals surface area contributed by atoms with Gasteiger partial charge in [-0.2, -0.15) is 0 Å². The van der Waals surface area contributed by atoms with Crippen LogP contribution in [0, 0.1) is 16.0 Å². The molecule has 11 heteroatoms. The first-order chi connectivity index (χ1) is 16.7. The zero-order valence-electron chi connectivity index (χ0n) is 19.2. The normalized spacial score (nSPS) is 17.2. The third-order valence-electron chi connectivity index (χ3n) is 6.10. The Hall–Kier alpha value is -3.76. The van der Waals surface area contributed by atoms with Gasteiger partial charge in [0.15, 0.2) is 5.82 Å². The predicted molar refractivity (Wildman–Crippen MR) is 132 cm³/mol. The quantitative estimate of drug-likeness (QED) is 0.373. The summed E-state index contributed by atoms with van der Waals surface area (Å²) in [5, 5.41) is 21.4. The maximum Gasteiger partial charge on any atom is 0.314 e. The molecular formula is C24H24ClN5O5. The summed E-state index contributed by atoms with van der Waals surface area (Å²) in [6.45, 7) is 2.98. The molecule has 0 saturated carbocycles. The molecule has 3 aromatic rings. The van der Waals surface area contributed by atoms with Gasteiger partial charge >= 0.3 is 5.97 Å². The van der Waals surface area contributed by atoms with Crippen LogP contribution in [0.5, 0.6) is 0 Å². The minimum atomic E-state index is -1.17. The lowest BCUT2D eigenvalue weighted by atomic mass is 9.88. The van der Waals surface area contributed by atoms with Crippen molar-refractivity contribution in [3.8, 4) is 0 Å². The number of aromatic nitrogens is 2. The number of fused-ring (bicyclic) bond motifs is 1. The number of nitro benzene ring substituents is 1. The lowest BCUT2D eigenvalue weighted by Crippen LogP contribution is -2.40. The summed E-state index contributed by atoms with van der Waals surface area (Å²) < 4.78 is 2.94. The molecule has 1 aliphatic heterocycles. The smallest absolute Gasteiger partial charge is 0.314 e. The van der Waals surface area contributed by atoms with Crippen molar-refractivity contribution >= 4 is 34.8 Å². The maximum atomic E-state index is 13.0. The number of aliphatic imine (C=N–C) groups is 1. The minimum absolute atomic E-state index is 0.164. The van der Waals surface area contributed by atoms with E-state index in [9.17, 15) is 24.8 Å². The molecule has 182 valence electrons. The number of carboxylic acids is 1. The van der Waals surface area contributed by atoms with Crippen LogP contribution in [0.1, 0.15) is 24.1 Å². The molecule has 2 heterocycles. The molecule has 35 heavy (non-hydrogen) atoms. The van der Waals surface area contributed by atoms with Gasteiger partial charge in [0.25, 0.3) is 11.2 Å². The third-order valence-corrected chi connectivity index (χ3v) is 6.51. The second-order valence-corrected chi connectivity index (χ2v) is 8.86. The van der Waals surface area contributed by atoms with Gasteiger partial charge in [-0.25, -0.2) is 9.67 Å². The molecule has 0 fully saturated rings. The van der Waals surface area contributed by atoms with Crippen molar-refractivity contribution in [2.45, 2.75) is 26.1 Å². The Morgan fingerprint density at radius 3 is 2.60 bits per heavy atom. The fourth-order valence-electron chi connectivity index (χ4n) is 4.47. The van der Waals surface area contributed by atoms with Gasteiger partial charge in [0, 0.05) is 36.5 Å². The van der Waals surface area contributed by atoms with Gasteiger partial charge in [-0.3, -0.25) is 24.4 Å². The van der Waals surface area contributed by atoms with Crippen LogP contribution in [0.25, 0.3) is 0 Å². The first-order valence-corrected chi connectivity index (χ1v) is 11.3. The van der Waals surface area contributed by atoms with E-state index in [0.29, 0.717) is 13.1 Å². The Kier molecular flexibility index (Phi) is 6.86. The number of aliphatic carboxylic acids is 1. The Morgan fingerprint density at radius 1 is 1.23 bits per heavy atom. The highest BCUT2D eigenvalue weighted by Crippen LogP contribution is 2.41. The van der Waals surface area contributed by atoms with E-state index in [1.54, 1.807) is 13.0 Å². The summed E-state index contributed by atoms with van der Waals surface area (Å²) in [7, 11) is 1.93. The molecule has 0 saturated heterocycles. The SMILES string of the molecule is CC1=Nc2cc(=O)n(CCN(C)Cc3ccccc3)n2C(c2cccc([N+](=O)[O-])c2Cl)C1C(=O)O. The molecule has 10 nitrogen and oxygen atoms in total. The first kappa shape index (κ1) is 24.4. The van der Waals surface area contributed by atoms with Crippen molar-refractivity contribution in [2.24, 2.45) is 10.9 Å². The predicted octanol–water partition coefficient (Wildman–Crippen LogP) is 3.74. The fourth-order valence-corrected chi connectivity index (χ4v) is 4.77. The summed E-state index contributed by atoms with van der Waals surface area (Å²) in [5.41, 5.74) is 0.960. The second kappa shape index (κ2) is 9.85. The van der Waals surface area contributed by atoms with E-state index in [-0.39, 0.29) is 39.9 Å². The number of carbonyl (C=O) groups is 1. The van der Waals surface area contributed by atoms with E-state index in [0.717, 1.165) is 5.56 Å². The molecule has 0 aliphatic carbocycles. The van der Waals surface area contributed by atoms with E-state index in [1.807, 2.05) is 42.3 Å². The van der Waals surface area contributed by atoms with Crippen molar-refractivity contribution in [3.63, 3.8) is 0 Å². The monoisotopic (exact) mass is 497 g/mol. The maximum absolute atomic E-state index is 13.0. The van der Waals surface area contributed by atoms with Gasteiger partial charge in [0.05, 0.1) is 17.5 Å². The van der Waals surface area contributed by atoms with Gasteiger partial charge in [0.2, 0.25) is 0 Å². The summed E-state index contributed by atoms with van der Waals surface area (Å²) in [6, 6.07) is 14.5. The highest BCUT2D eigenvalue weighted by atomic mass is 35.5. The van der Waals surface area contributed by atoms with Crippen molar-refractivity contribution in [3.05, 3.63) is 91.2 Å². The van der Waals surface area contributed by atoms with Crippen LogP contribution in [0.3, 0.4) is 0 Å². The van der Waals surface area contributed by atoms with Crippen LogP contribution in [0.2, 0.25) is 5.02 Å². The van der Waals surface area contributed by atoms with Crippen LogP contribution in [0.4, 0.5) is 11.5 Å². The zero-order valence-corrected chi connectivity index (χ0v) is 19.9. The van der Waals surface area contributed by atoms with Gasteiger partial charge in [-0.05, 0) is 19.5 Å². The van der Waals surface area contributed by atoms with Crippen molar-refractivity contribution in [1.29, 1.82) is 0 Å². The molecular weight excluding hydrogens is 474 g/mol. The van der Waals surface area contributed by atoms with E-state index in [2.05, 4.69) is 4.99 Å². The van der Waals surface area contributed by atoms with Gasteiger partial charge in [0.1, 0.15) is 10.9 Å². The van der Waals surface area contributed by atoms with Crippen LogP contribution in [-0.2, 0) is 17.9 Å². The molecule has 4 rings (SSSR count). The zero-order chi connectivity index (χ0) is 25.3. The van der Waals surface area contributed by atoms with E-state index in [4.69, 9.17) is 11.6 Å². The average Bonchev–Trinajstić information content (AvgIpc) is 3.11. The highest BCUT2D eigenvalue weighted by Gasteiger charge is 2.41. The highest BCUT2D eigenvalue weighted by molar-refractivity contribution is 6.33. The minimum Gasteiger partial charge on any atom is -0.481 e. The van der Waals surface area contributed by atoms with Crippen molar-refractivity contribution in [2.75, 3.05) is 13.6 Å². The summed E-state index contributed by atoms with van der Waals surface area (Å²) >= 11 is 6.41. The molecule has 0 spiro atoms. The average molecular weight is 498 g/mol. The summed E-state index contributed by atoms with van der Waals surface area (Å²) in [5.74, 6) is -2.05. The van der Waals surface area contributed by atoms with Crippen LogP contribution < -0.4 is 5.56 Å². The van der Waals surface area contributed by atoms with Crippen LogP contribution in [0.15, 0.2) is 64.4 Å². The molecule has 1 aliphatic rings. The number of halogens is 1. The van der Waals surface area contributed by atoms with E-state index < -0.39 is 22.9 Å². The lowest BCUT2D eigenvalue weighted by Gasteiger charge is -2.33. The molecule has 1 aromatic heterocycles. The number of nitrogens with zero attached hydrogens (tertiary/aromatic N) is 5. The fraction of sp³-hybridized carbons (Fsp3) is 0.292. The van der Waals surface area contributed by atoms with Gasteiger partial charge < -0.3 is 10.0 Å². The third kappa shape index (κ3) is 4.75. The van der Waals surface area contributed by atoms with Crippen LogP contribution in [-0.4, -0.2) is 49.6 Å². The Morgan fingerprint density at radius 2 is 1.94 bits per heavy atom. The van der Waals surface area contributed by atoms with E-state index >= 15 is 0 Å². The number of benzene rings is 2. The molecule has 2 atom stereocenters. The van der Waals surface area contributed by atoms with Gasteiger partial charge in [-0.1, -0.05) is 54.1 Å². The number of carboxylic acid groups (broad SMARTS) is 1. The summed E-state index contributed by atoms with van der Waals surface area (Å²) in [4.78, 5) is 42.6. The number of hydrogen-bond acceptors (Lipinski definition) is 6. The lowest BCUT2D eigenvalue weighted by molar-refractivity contribution is -0.384. The molecule has 0 amide bonds. The largest absolute Gasteiger partial charge is 0.481 e. The van der Waals surface area contributed by atoms with Crippen LogP contribution >= 0.6 is 11.6 Å². The standard InChI is InChI=1S/C24H24ClN5O5/c1-15-21(24(32)33)23(17-9-6-10-18(22(17)25)30(34)35)29-19(26-15)13-20(31)28(29)12-11-27(2)14-16-7-4-3-5-8-16/h3-10,13,21,23H,11-12,14H2,1-2H3,(H,32,33). The Labute approximate surface area is 205 Å². The molecule has 2 unspecified atom stereocenters. The molecule has 2 aromatic carbocycles. The second-order valence-electron chi connectivity index (χ2n) is 8.48. The Balaban J connectivity index is 1.76. The van der Waals surface area contributed by atoms with E-state index in [1.165, 1.54) is 27.6 Å². The molecule has 1 N–H and O–H groups in total. The molecule has 0 radical (unpaired) electrons. The molecule has 0 bridgehead atoms. The topological polar surface area (TPSA) is 123 Å². The number of nitro groups is 1. The van der Waals surface area contributed by atoms with Crippen molar-refractivity contribution < 1.29 is 14.8 Å². The Bertz CT molecular complexity index is 1360. The van der Waals surface area contributed by atoms with Crippen molar-refractivity contribution in [1.82, 2.24) is 14.3 Å². The summed E-state index contributed by atoms with van der Waals surface area (Å²) in [6.07, 6.45) is 0. The number of hydrogen-bond donors (Lipinski definition) is 1. The number of likely N-dealkylation sites (N-methyl/N-ethyl adjacent to an activating group) is 1. The first-order valence-electron chi connectivity index (χ1n) is 10.9.